The van der Waals surface area contributed by atoms with E-state index in [-0.39, 0.29) is 11.7 Å². The van der Waals surface area contributed by atoms with Crippen molar-refractivity contribution in [2.75, 3.05) is 7.05 Å². The van der Waals surface area contributed by atoms with Crippen LogP contribution in [0.4, 0.5) is 0 Å². The summed E-state index contributed by atoms with van der Waals surface area (Å²) in [4.78, 5) is 18.5. The SMILES string of the molecule is Cc1ccc(S(=O)(=O)Cc2ccc(C(=O)N(C)Cc3cccnc3)cc2)cc1. The highest BCUT2D eigenvalue weighted by Crippen LogP contribution is 2.18. The molecule has 144 valence electrons. The first-order chi connectivity index (χ1) is 13.3. The van der Waals surface area contributed by atoms with Crippen molar-refractivity contribution >= 4 is 15.7 Å². The lowest BCUT2D eigenvalue weighted by molar-refractivity contribution is 0.0785. The maximum atomic E-state index is 12.6. The van der Waals surface area contributed by atoms with E-state index in [0.29, 0.717) is 22.6 Å². The second kappa shape index (κ2) is 8.35. The van der Waals surface area contributed by atoms with Crippen LogP contribution in [0.1, 0.15) is 27.0 Å². The van der Waals surface area contributed by atoms with Gasteiger partial charge in [0.2, 0.25) is 0 Å². The van der Waals surface area contributed by atoms with Crippen LogP contribution in [-0.4, -0.2) is 31.3 Å². The first-order valence-electron chi connectivity index (χ1n) is 8.88. The molecule has 3 rings (SSSR count). The van der Waals surface area contributed by atoms with E-state index in [4.69, 9.17) is 0 Å². The zero-order valence-electron chi connectivity index (χ0n) is 15.9. The van der Waals surface area contributed by atoms with Gasteiger partial charge in [0, 0.05) is 31.5 Å². The number of carbonyl (C=O) groups excluding carboxylic acids is 1. The Labute approximate surface area is 165 Å². The predicted octanol–water partition coefficient (Wildman–Crippen LogP) is 3.64. The average molecular weight is 394 g/mol. The Morgan fingerprint density at radius 2 is 1.64 bits per heavy atom. The topological polar surface area (TPSA) is 67.3 Å². The second-order valence-electron chi connectivity index (χ2n) is 6.79. The lowest BCUT2D eigenvalue weighted by Crippen LogP contribution is -2.26. The summed E-state index contributed by atoms with van der Waals surface area (Å²) in [6.45, 7) is 2.37. The molecule has 0 saturated carbocycles. The van der Waals surface area contributed by atoms with Gasteiger partial charge in [0.15, 0.2) is 9.84 Å². The molecule has 5 nitrogen and oxygen atoms in total. The third-order valence-electron chi connectivity index (χ3n) is 4.43. The summed E-state index contributed by atoms with van der Waals surface area (Å²) in [7, 11) is -1.70. The van der Waals surface area contributed by atoms with Crippen LogP contribution in [0.2, 0.25) is 0 Å². The fraction of sp³-hybridized carbons (Fsp3) is 0.182. The van der Waals surface area contributed by atoms with Gasteiger partial charge in [-0.2, -0.15) is 0 Å². The zero-order valence-corrected chi connectivity index (χ0v) is 16.7. The van der Waals surface area contributed by atoms with Crippen LogP contribution in [-0.2, 0) is 22.1 Å². The number of aryl methyl sites for hydroxylation is 1. The molecular formula is C22H22N2O3S. The first kappa shape index (κ1) is 19.8. The number of benzene rings is 2. The molecule has 2 aromatic carbocycles. The molecule has 0 aliphatic carbocycles. The highest BCUT2D eigenvalue weighted by molar-refractivity contribution is 7.90. The molecule has 0 radical (unpaired) electrons. The average Bonchev–Trinajstić information content (AvgIpc) is 2.69. The van der Waals surface area contributed by atoms with Crippen molar-refractivity contribution in [3.8, 4) is 0 Å². The van der Waals surface area contributed by atoms with Gasteiger partial charge < -0.3 is 4.90 Å². The maximum Gasteiger partial charge on any atom is 0.253 e. The Kier molecular flexibility index (Phi) is 5.90. The molecule has 0 N–H and O–H groups in total. The highest BCUT2D eigenvalue weighted by Gasteiger charge is 2.16. The van der Waals surface area contributed by atoms with E-state index in [9.17, 15) is 13.2 Å². The predicted molar refractivity (Wildman–Crippen MR) is 109 cm³/mol. The molecule has 0 spiro atoms. The van der Waals surface area contributed by atoms with E-state index in [1.807, 2.05) is 19.1 Å². The number of carbonyl (C=O) groups is 1. The third-order valence-corrected chi connectivity index (χ3v) is 6.13. The van der Waals surface area contributed by atoms with Crippen LogP contribution in [0.5, 0.6) is 0 Å². The van der Waals surface area contributed by atoms with Crippen molar-refractivity contribution in [2.24, 2.45) is 0 Å². The van der Waals surface area contributed by atoms with Crippen molar-refractivity contribution in [3.63, 3.8) is 0 Å². The molecule has 0 atom stereocenters. The molecule has 0 aliphatic rings. The van der Waals surface area contributed by atoms with Gasteiger partial charge >= 0.3 is 0 Å². The van der Waals surface area contributed by atoms with E-state index in [2.05, 4.69) is 4.98 Å². The summed E-state index contributed by atoms with van der Waals surface area (Å²) in [6, 6.07) is 17.3. The van der Waals surface area contributed by atoms with Gasteiger partial charge in [0.25, 0.3) is 5.91 Å². The summed E-state index contributed by atoms with van der Waals surface area (Å²) >= 11 is 0. The van der Waals surface area contributed by atoms with E-state index >= 15 is 0 Å². The van der Waals surface area contributed by atoms with Crippen LogP contribution in [0.25, 0.3) is 0 Å². The lowest BCUT2D eigenvalue weighted by Gasteiger charge is -2.17. The molecule has 0 aliphatic heterocycles. The summed E-state index contributed by atoms with van der Waals surface area (Å²) in [5.74, 6) is -0.229. The normalized spacial score (nSPS) is 11.2. The number of pyridine rings is 1. The number of nitrogens with zero attached hydrogens (tertiary/aromatic N) is 2. The third kappa shape index (κ3) is 4.84. The van der Waals surface area contributed by atoms with Crippen molar-refractivity contribution in [1.29, 1.82) is 0 Å². The number of sulfone groups is 1. The van der Waals surface area contributed by atoms with Gasteiger partial charge in [-0.05, 0) is 48.4 Å². The smallest absolute Gasteiger partial charge is 0.253 e. The van der Waals surface area contributed by atoms with Gasteiger partial charge in [0.1, 0.15) is 0 Å². The molecular weight excluding hydrogens is 372 g/mol. The number of hydrogen-bond donors (Lipinski definition) is 0. The Balaban J connectivity index is 1.69. The van der Waals surface area contributed by atoms with Crippen LogP contribution in [0, 0.1) is 6.92 Å². The minimum atomic E-state index is -3.42. The summed E-state index contributed by atoms with van der Waals surface area (Å²) in [5.41, 5.74) is 3.12. The summed E-state index contributed by atoms with van der Waals surface area (Å²) in [5, 5.41) is 0. The molecule has 1 heterocycles. The monoisotopic (exact) mass is 394 g/mol. The van der Waals surface area contributed by atoms with Gasteiger partial charge in [-0.15, -0.1) is 0 Å². The minimum Gasteiger partial charge on any atom is -0.337 e. The van der Waals surface area contributed by atoms with Gasteiger partial charge in [-0.3, -0.25) is 9.78 Å². The van der Waals surface area contributed by atoms with Crippen LogP contribution >= 0.6 is 0 Å². The fourth-order valence-electron chi connectivity index (χ4n) is 2.85. The first-order valence-corrected chi connectivity index (χ1v) is 10.5. The fourth-order valence-corrected chi connectivity index (χ4v) is 4.20. The Hall–Kier alpha value is -2.99. The van der Waals surface area contributed by atoms with E-state index in [1.54, 1.807) is 72.9 Å². The van der Waals surface area contributed by atoms with E-state index < -0.39 is 9.84 Å². The molecule has 0 saturated heterocycles. The van der Waals surface area contributed by atoms with Gasteiger partial charge in [-0.25, -0.2) is 8.42 Å². The minimum absolute atomic E-state index is 0.101. The van der Waals surface area contributed by atoms with Crippen molar-refractivity contribution in [3.05, 3.63) is 95.3 Å². The summed E-state index contributed by atoms with van der Waals surface area (Å²) < 4.78 is 25.1. The van der Waals surface area contributed by atoms with Crippen molar-refractivity contribution in [2.45, 2.75) is 24.1 Å². The standard InChI is InChI=1S/C22H22N2O3S/c1-17-5-11-21(12-6-17)28(26,27)16-18-7-9-20(10-8-18)22(25)24(2)15-19-4-3-13-23-14-19/h3-14H,15-16H2,1-2H3. The number of aromatic nitrogens is 1. The Morgan fingerprint density at radius 3 is 2.25 bits per heavy atom. The number of rotatable bonds is 6. The molecule has 6 heteroatoms. The van der Waals surface area contributed by atoms with Crippen LogP contribution < -0.4 is 0 Å². The molecule has 3 aromatic rings. The lowest BCUT2D eigenvalue weighted by atomic mass is 10.1. The summed E-state index contributed by atoms with van der Waals surface area (Å²) in [6.07, 6.45) is 3.41. The quantitative estimate of drug-likeness (QED) is 0.640. The van der Waals surface area contributed by atoms with E-state index in [0.717, 1.165) is 11.1 Å². The van der Waals surface area contributed by atoms with Crippen LogP contribution in [0.15, 0.2) is 78.0 Å². The highest BCUT2D eigenvalue weighted by atomic mass is 32.2. The maximum absolute atomic E-state index is 12.6. The second-order valence-corrected chi connectivity index (χ2v) is 8.78. The van der Waals surface area contributed by atoms with E-state index in [1.165, 1.54) is 0 Å². The largest absolute Gasteiger partial charge is 0.337 e. The van der Waals surface area contributed by atoms with Crippen LogP contribution in [0.3, 0.4) is 0 Å². The molecule has 0 unspecified atom stereocenters. The van der Waals surface area contributed by atoms with Gasteiger partial charge in [0.05, 0.1) is 10.6 Å². The van der Waals surface area contributed by atoms with Gasteiger partial charge in [-0.1, -0.05) is 35.9 Å². The van der Waals surface area contributed by atoms with Crippen molar-refractivity contribution < 1.29 is 13.2 Å². The molecule has 28 heavy (non-hydrogen) atoms. The molecule has 1 amide bonds. The Morgan fingerprint density at radius 1 is 0.964 bits per heavy atom. The number of hydrogen-bond acceptors (Lipinski definition) is 4. The van der Waals surface area contributed by atoms with Crippen molar-refractivity contribution in [1.82, 2.24) is 9.88 Å². The zero-order chi connectivity index (χ0) is 20.1. The molecule has 1 aromatic heterocycles. The molecule has 0 bridgehead atoms. The Bertz CT molecular complexity index is 1050. The number of amides is 1. The molecule has 0 fully saturated rings.